The molecule has 0 saturated heterocycles. The number of rotatable bonds is 16. The molecule has 15 rings (SSSR count). The number of carboxylic acid groups (broad SMARTS) is 4. The molecule has 139 heavy (non-hydrogen) atoms. The molecule has 3 aliphatic heterocycles. The van der Waals surface area contributed by atoms with E-state index in [1.807, 2.05) is 311 Å². The van der Waals surface area contributed by atoms with Gasteiger partial charge in [0.2, 0.25) is 11.8 Å². The lowest BCUT2D eigenvalue weighted by molar-refractivity contribution is -0.161. The van der Waals surface area contributed by atoms with Crippen LogP contribution in [0, 0.1) is 90.0 Å². The molecule has 4 heterocycles. The van der Waals surface area contributed by atoms with Gasteiger partial charge in [-0.2, -0.15) is 0 Å². The van der Waals surface area contributed by atoms with E-state index in [9.17, 15) is 58.8 Å². The minimum Gasteiger partial charge on any atom is -0.491 e. The third kappa shape index (κ3) is 24.4. The first-order chi connectivity index (χ1) is 65.3. The second kappa shape index (κ2) is 42.6. The van der Waals surface area contributed by atoms with Crippen molar-refractivity contribution in [2.45, 2.75) is 259 Å². The summed E-state index contributed by atoms with van der Waals surface area (Å²) in [5.41, 5.74) is 24.5. The van der Waals surface area contributed by atoms with Gasteiger partial charge in [0.1, 0.15) is 18.1 Å². The number of hydrogen-bond donors (Lipinski definition) is 10. The standard InChI is InChI=1S/C30H33NO4.2C29H32N2O5.C26H33NO5/c1-17-11-13-21(14-12-17)24-18(2)25-22-10-8-7-9-20(22)15-16-23(32)31-27(25)19(3)26(24)28(29(33)34)35-30(4,5)6;1-15-8-11-19(12-9-15)22-18(4)25-24(17(3)23(22)26(27(32)33)36-29(5,6)7)31-28(34)30-20-14-16(2)10-13-21(20)35-25;1-16-11-13-19(14-12-16)22-18(3)25-24(17(2)23(22)26(27(32)33)36-29(4,5)6)31-28(34)30-21-10-8-7-9-20(21)15-35-25;1-15-10-12-18(13-11-15)20-17(3)23-22(27-19(28)9-7-8-14-31-23)16(2)21(20)24(25(29)30)32-26(4,5)6/h7-14,28H,15-16H2,1-6H3,(H,31,32)(H,33,34);8-14,26H,1-7H3,(H,32,33)(H2,30,31,34);7-14,26H,15H2,1-6H3,(H,32,33)(H2,30,31,34);10-13,24H,7-9,14H2,1-6H3,(H,27,28)(H,29,30)/t28-;2*26-;24-/m0000/s1. The molecule has 25 heteroatoms. The first-order valence-electron chi connectivity index (χ1n) is 46.8. The number of aliphatic carboxylic acids is 4. The lowest BCUT2D eigenvalue weighted by Gasteiger charge is -2.32. The Morgan fingerprint density at radius 3 is 1.17 bits per heavy atom. The third-order valence-electron chi connectivity index (χ3n) is 24.4. The van der Waals surface area contributed by atoms with Gasteiger partial charge < -0.3 is 84.5 Å². The monoisotopic (exact) mass is 1890 g/mol. The van der Waals surface area contributed by atoms with Gasteiger partial charge in [0.25, 0.3) is 0 Å². The highest BCUT2D eigenvalue weighted by atomic mass is 16.6. The first kappa shape index (κ1) is 104. The highest BCUT2D eigenvalue weighted by molar-refractivity contribution is 6.06. The van der Waals surface area contributed by atoms with Gasteiger partial charge in [-0.15, -0.1) is 0 Å². The molecule has 0 fully saturated rings. The zero-order chi connectivity index (χ0) is 102. The number of fused-ring (bicyclic) bond motifs is 8. The number of aryl methyl sites for hydroxylation is 8. The Labute approximate surface area is 812 Å². The third-order valence-corrected chi connectivity index (χ3v) is 24.4. The molecular formula is C114H130N6O19. The summed E-state index contributed by atoms with van der Waals surface area (Å²) in [6.07, 6.45) is -2.02. The van der Waals surface area contributed by atoms with Gasteiger partial charge >= 0.3 is 35.6 Å². The van der Waals surface area contributed by atoms with Crippen LogP contribution in [0.3, 0.4) is 0 Å². The van der Waals surface area contributed by atoms with Crippen molar-refractivity contribution in [1.29, 1.82) is 0 Å². The zero-order valence-electron chi connectivity index (χ0n) is 84.3. The molecular weight excluding hydrogens is 1760 g/mol. The topological polar surface area (TPSA) is 366 Å². The summed E-state index contributed by atoms with van der Waals surface area (Å²) in [5, 5.41) is 52.9. The van der Waals surface area contributed by atoms with Crippen molar-refractivity contribution in [3.05, 3.63) is 280 Å². The van der Waals surface area contributed by atoms with E-state index in [-0.39, 0.29) is 18.4 Å². The number of aromatic amines is 2. The predicted molar refractivity (Wildman–Crippen MR) is 548 cm³/mol. The molecule has 4 amide bonds. The number of anilines is 4. The van der Waals surface area contributed by atoms with Crippen LogP contribution >= 0.6 is 0 Å². The minimum absolute atomic E-state index is 0.0825. The summed E-state index contributed by atoms with van der Waals surface area (Å²) in [6, 6.07) is 52.6. The summed E-state index contributed by atoms with van der Waals surface area (Å²) < 4.78 is 43.3. The average molecular weight is 1890 g/mol. The summed E-state index contributed by atoms with van der Waals surface area (Å²) >= 11 is 0. The number of ether oxygens (including phenoxy) is 6. The van der Waals surface area contributed by atoms with Gasteiger partial charge in [-0.3, -0.25) is 9.59 Å². The normalized spacial score (nSPS) is 14.1. The summed E-state index contributed by atoms with van der Waals surface area (Å²) in [7, 11) is 0. The lowest BCUT2D eigenvalue weighted by Crippen LogP contribution is -2.29. The Morgan fingerprint density at radius 2 is 0.727 bits per heavy atom. The van der Waals surface area contributed by atoms with E-state index in [1.54, 1.807) is 13.8 Å². The smallest absolute Gasteiger partial charge is 0.337 e. The van der Waals surface area contributed by atoms with Crippen LogP contribution in [0.15, 0.2) is 173 Å². The summed E-state index contributed by atoms with van der Waals surface area (Å²) in [5.74, 6) is -3.45. The molecule has 0 saturated carbocycles. The Morgan fingerprint density at radius 1 is 0.353 bits per heavy atom. The van der Waals surface area contributed by atoms with Crippen LogP contribution < -0.4 is 36.4 Å². The molecule has 0 spiro atoms. The number of carbonyl (C=O) groups is 7. The highest BCUT2D eigenvalue weighted by Gasteiger charge is 2.41. The summed E-state index contributed by atoms with van der Waals surface area (Å²) in [6.45, 7) is 47.6. The van der Waals surface area contributed by atoms with Crippen LogP contribution in [0.25, 0.3) is 77.8 Å². The number of aromatic nitrogens is 2. The van der Waals surface area contributed by atoms with Gasteiger partial charge in [-0.25, -0.2) is 28.8 Å². The fraction of sp³-hybridized carbons (Fsp3) is 0.351. The van der Waals surface area contributed by atoms with Crippen molar-refractivity contribution < 1.29 is 86.8 Å². The zero-order valence-corrected chi connectivity index (χ0v) is 84.3. The number of hydrogen-bond acceptors (Lipinski definition) is 15. The maximum Gasteiger partial charge on any atom is 0.337 e. The van der Waals surface area contributed by atoms with Crippen LogP contribution in [-0.2, 0) is 60.7 Å². The fourth-order valence-corrected chi connectivity index (χ4v) is 18.1. The maximum absolute atomic E-state index is 13.0. The number of amides is 4. The lowest BCUT2D eigenvalue weighted by atomic mass is 9.80. The van der Waals surface area contributed by atoms with Crippen LogP contribution in [0.1, 0.15) is 239 Å². The van der Waals surface area contributed by atoms with E-state index >= 15 is 0 Å². The molecule has 0 bridgehead atoms. The first-order valence-corrected chi connectivity index (χ1v) is 46.8. The number of nitrogens with one attached hydrogen (secondary N) is 6. The van der Waals surface area contributed by atoms with Gasteiger partial charge in [0.15, 0.2) is 35.6 Å². The number of carbonyl (C=O) groups excluding carboxylic acids is 3. The molecule has 0 unspecified atom stereocenters. The van der Waals surface area contributed by atoms with Crippen molar-refractivity contribution in [3.63, 3.8) is 0 Å². The Bertz CT molecular complexity index is 6850. The number of carboxylic acids is 4. The molecule has 0 aliphatic carbocycles. The van der Waals surface area contributed by atoms with Crippen molar-refractivity contribution in [3.8, 4) is 67.1 Å². The molecule has 25 nitrogen and oxygen atoms in total. The largest absolute Gasteiger partial charge is 0.491 e. The predicted octanol–water partition coefficient (Wildman–Crippen LogP) is 25.8. The van der Waals surface area contributed by atoms with Crippen LogP contribution in [0.4, 0.5) is 27.5 Å². The number of benzene rings is 11. The molecule has 12 aromatic rings. The molecule has 3 aliphatic rings. The molecule has 0 radical (unpaired) electrons. The number of H-pyrrole nitrogens is 2. The Kier molecular flexibility index (Phi) is 31.8. The minimum atomic E-state index is -1.27. The molecule has 730 valence electrons. The van der Waals surface area contributed by atoms with Crippen LogP contribution in [0.5, 0.6) is 11.5 Å². The molecule has 1 aromatic heterocycles. The molecule has 10 N–H and O–H groups in total. The van der Waals surface area contributed by atoms with Crippen molar-refractivity contribution >= 4 is 86.7 Å². The second-order valence-corrected chi connectivity index (χ2v) is 40.0. The van der Waals surface area contributed by atoms with E-state index in [0.29, 0.717) is 138 Å². The van der Waals surface area contributed by atoms with E-state index in [1.165, 1.54) is 0 Å². The summed E-state index contributed by atoms with van der Waals surface area (Å²) in [4.78, 5) is 107. The van der Waals surface area contributed by atoms with Crippen molar-refractivity contribution in [1.82, 2.24) is 9.97 Å². The van der Waals surface area contributed by atoms with E-state index < -0.39 is 82.4 Å². The van der Waals surface area contributed by atoms with Crippen LogP contribution in [-0.4, -0.2) is 101 Å². The van der Waals surface area contributed by atoms with E-state index in [0.717, 1.165) is 119 Å². The Balaban J connectivity index is 0.000000166. The number of urea groups is 1. The number of para-hydroxylation sites is 1. The second-order valence-electron chi connectivity index (χ2n) is 40.0. The van der Waals surface area contributed by atoms with E-state index in [2.05, 4.69) is 43.4 Å². The Hall–Kier alpha value is -14.0. The average Bonchev–Trinajstić information content (AvgIpc) is 1.47. The van der Waals surface area contributed by atoms with E-state index in [4.69, 9.17) is 32.8 Å². The maximum atomic E-state index is 13.0. The van der Waals surface area contributed by atoms with Gasteiger partial charge in [-0.1, -0.05) is 168 Å². The molecule has 11 aromatic carbocycles. The van der Waals surface area contributed by atoms with Gasteiger partial charge in [-0.05, 0) is 300 Å². The van der Waals surface area contributed by atoms with Crippen molar-refractivity contribution in [2.24, 2.45) is 0 Å². The highest BCUT2D eigenvalue weighted by Crippen LogP contribution is 2.53. The molecule has 4 atom stereocenters. The fourth-order valence-electron chi connectivity index (χ4n) is 18.1. The van der Waals surface area contributed by atoms with Gasteiger partial charge in [0, 0.05) is 68.6 Å². The van der Waals surface area contributed by atoms with Gasteiger partial charge in [0.05, 0.1) is 57.1 Å². The quantitative estimate of drug-likeness (QED) is 0.0429. The van der Waals surface area contributed by atoms with Crippen LogP contribution in [0.2, 0.25) is 0 Å². The van der Waals surface area contributed by atoms with Crippen molar-refractivity contribution in [2.75, 3.05) is 27.9 Å². The SMILES string of the molecule is Cc1ccc(-c2c(C)c3c(c(C)c2[C@H](OC(C)(C)C)C(=O)O)NC(=O)CCCCO3)cc1.Cc1ccc(-c2c(C)c3c(c(C)c2[C@H](OC(C)(C)C)C(=O)O)NC(=O)CCc2ccccc2-3)cc1.Cc1ccc(-c2c(C)c3c(c(C)c2[C@H](OC(C)(C)C)C(=O)O)NC(=O)Nc2ccccc2CO3)cc1.Cc1ccc(-c2c([C@H](OC(C)(C)C)C(=O)O)c(C)c3[nH]c(=O)[nH]c4cc(C)ccc4oc3c2C)cc1.